The molecule has 3 nitrogen and oxygen atoms in total. The summed E-state index contributed by atoms with van der Waals surface area (Å²) in [5, 5.41) is 0. The van der Waals surface area contributed by atoms with E-state index in [0.29, 0.717) is 0 Å². The Hall–Kier alpha value is -2.29. The monoisotopic (exact) mass is 279 g/mol. The molecule has 0 aliphatic heterocycles. The number of nitrogens with zero attached hydrogens (tertiary/aromatic N) is 3. The van der Waals surface area contributed by atoms with E-state index in [9.17, 15) is 0 Å². The summed E-state index contributed by atoms with van der Waals surface area (Å²) in [6.45, 7) is 4.31. The third-order valence-electron chi connectivity index (χ3n) is 4.22. The van der Waals surface area contributed by atoms with Crippen molar-refractivity contribution in [2.24, 2.45) is 7.05 Å². The third kappa shape index (κ3) is 2.40. The van der Waals surface area contributed by atoms with Gasteiger partial charge in [-0.1, -0.05) is 29.8 Å². The van der Waals surface area contributed by atoms with E-state index in [1.54, 1.807) is 0 Å². The van der Waals surface area contributed by atoms with Crippen LogP contribution in [0.3, 0.4) is 0 Å². The Kier molecular flexibility index (Phi) is 3.42. The Balaban J connectivity index is 1.97. The van der Waals surface area contributed by atoms with Crippen LogP contribution < -0.4 is 4.90 Å². The van der Waals surface area contributed by atoms with E-state index in [1.165, 1.54) is 16.8 Å². The quantitative estimate of drug-likeness (QED) is 0.720. The summed E-state index contributed by atoms with van der Waals surface area (Å²) in [5.74, 6) is 1.08. The van der Waals surface area contributed by atoms with Gasteiger partial charge in [-0.15, -0.1) is 0 Å². The first-order chi connectivity index (χ1) is 10.1. The molecule has 0 radical (unpaired) electrons. The van der Waals surface area contributed by atoms with Gasteiger partial charge < -0.3 is 9.47 Å². The maximum Gasteiger partial charge on any atom is 0.132 e. The maximum absolute atomic E-state index is 4.80. The highest BCUT2D eigenvalue weighted by Gasteiger charge is 2.18. The SMILES string of the molecule is Cc1ccc(N(C)[C@@H](C)c2nc3ccccc3n2C)cc1. The van der Waals surface area contributed by atoms with E-state index in [2.05, 4.69) is 79.9 Å². The fourth-order valence-corrected chi connectivity index (χ4v) is 2.71. The zero-order chi connectivity index (χ0) is 15.0. The molecule has 2 aromatic carbocycles. The molecular formula is C18H21N3. The molecule has 0 saturated carbocycles. The van der Waals surface area contributed by atoms with E-state index in [4.69, 9.17) is 4.98 Å². The summed E-state index contributed by atoms with van der Waals surface area (Å²) in [6, 6.07) is 17.1. The van der Waals surface area contributed by atoms with E-state index in [0.717, 1.165) is 11.3 Å². The van der Waals surface area contributed by atoms with Crippen molar-refractivity contribution in [2.75, 3.05) is 11.9 Å². The number of rotatable bonds is 3. The lowest BCUT2D eigenvalue weighted by Crippen LogP contribution is -2.24. The lowest BCUT2D eigenvalue weighted by atomic mass is 10.2. The number of benzene rings is 2. The van der Waals surface area contributed by atoms with E-state index < -0.39 is 0 Å². The number of imidazole rings is 1. The topological polar surface area (TPSA) is 21.1 Å². The molecular weight excluding hydrogens is 258 g/mol. The molecule has 3 rings (SSSR count). The lowest BCUT2D eigenvalue weighted by molar-refractivity contribution is 0.654. The second-order valence-electron chi connectivity index (χ2n) is 5.64. The fraction of sp³-hybridized carbons (Fsp3) is 0.278. The van der Waals surface area contributed by atoms with Crippen molar-refractivity contribution in [3.05, 3.63) is 59.9 Å². The molecule has 0 unspecified atom stereocenters. The molecule has 1 heterocycles. The van der Waals surface area contributed by atoms with Crippen LogP contribution >= 0.6 is 0 Å². The minimum atomic E-state index is 0.213. The number of hydrogen-bond acceptors (Lipinski definition) is 2. The van der Waals surface area contributed by atoms with Gasteiger partial charge in [0.05, 0.1) is 17.1 Å². The number of fused-ring (bicyclic) bond motifs is 1. The molecule has 0 amide bonds. The highest BCUT2D eigenvalue weighted by atomic mass is 15.2. The number of anilines is 1. The van der Waals surface area contributed by atoms with E-state index in [-0.39, 0.29) is 6.04 Å². The Morgan fingerprint density at radius 3 is 2.38 bits per heavy atom. The molecule has 0 fully saturated rings. The zero-order valence-electron chi connectivity index (χ0n) is 13.0. The van der Waals surface area contributed by atoms with Gasteiger partial charge >= 0.3 is 0 Å². The van der Waals surface area contributed by atoms with Crippen LogP contribution in [0.5, 0.6) is 0 Å². The fourth-order valence-electron chi connectivity index (χ4n) is 2.71. The molecule has 3 aromatic rings. The van der Waals surface area contributed by atoms with Crippen molar-refractivity contribution >= 4 is 16.7 Å². The second kappa shape index (κ2) is 5.24. The van der Waals surface area contributed by atoms with Gasteiger partial charge in [-0.05, 0) is 38.1 Å². The smallest absolute Gasteiger partial charge is 0.132 e. The maximum atomic E-state index is 4.80. The summed E-state index contributed by atoms with van der Waals surface area (Å²) < 4.78 is 2.19. The normalized spacial score (nSPS) is 12.6. The molecule has 1 aromatic heterocycles. The first-order valence-electron chi connectivity index (χ1n) is 7.29. The van der Waals surface area contributed by atoms with Crippen LogP contribution in [0.4, 0.5) is 5.69 Å². The van der Waals surface area contributed by atoms with Gasteiger partial charge in [-0.25, -0.2) is 4.98 Å². The Bertz CT molecular complexity index is 756. The minimum Gasteiger partial charge on any atom is -0.365 e. The van der Waals surface area contributed by atoms with Crippen LogP contribution in [0, 0.1) is 6.92 Å². The van der Waals surface area contributed by atoms with Gasteiger partial charge in [0.2, 0.25) is 0 Å². The van der Waals surface area contributed by atoms with Crippen LogP contribution in [-0.4, -0.2) is 16.6 Å². The lowest BCUT2D eigenvalue weighted by Gasteiger charge is -2.26. The van der Waals surface area contributed by atoms with Crippen molar-refractivity contribution < 1.29 is 0 Å². The third-order valence-corrected chi connectivity index (χ3v) is 4.22. The van der Waals surface area contributed by atoms with Crippen LogP contribution in [0.1, 0.15) is 24.4 Å². The number of hydrogen-bond donors (Lipinski definition) is 0. The van der Waals surface area contributed by atoms with Crippen LogP contribution in [0.15, 0.2) is 48.5 Å². The van der Waals surface area contributed by atoms with Gasteiger partial charge in [0, 0.05) is 19.8 Å². The molecule has 0 aliphatic rings. The molecule has 0 aliphatic carbocycles. The highest BCUT2D eigenvalue weighted by molar-refractivity contribution is 5.76. The summed E-state index contributed by atoms with van der Waals surface area (Å²) >= 11 is 0. The molecule has 0 bridgehead atoms. The molecule has 0 spiro atoms. The Labute approximate surface area is 125 Å². The Morgan fingerprint density at radius 2 is 1.71 bits per heavy atom. The molecule has 21 heavy (non-hydrogen) atoms. The predicted molar refractivity (Wildman–Crippen MR) is 88.7 cm³/mol. The average Bonchev–Trinajstić information content (AvgIpc) is 2.84. The average molecular weight is 279 g/mol. The predicted octanol–water partition coefficient (Wildman–Crippen LogP) is 4.08. The second-order valence-corrected chi connectivity index (χ2v) is 5.64. The van der Waals surface area contributed by atoms with Crippen LogP contribution in [0.2, 0.25) is 0 Å². The minimum absolute atomic E-state index is 0.213. The number of aryl methyl sites for hydroxylation is 2. The first-order valence-corrected chi connectivity index (χ1v) is 7.29. The molecule has 0 saturated heterocycles. The summed E-state index contributed by atoms with van der Waals surface area (Å²) in [5.41, 5.74) is 4.72. The number of para-hydroxylation sites is 2. The van der Waals surface area contributed by atoms with Gasteiger partial charge in [-0.2, -0.15) is 0 Å². The van der Waals surface area contributed by atoms with Crippen molar-refractivity contribution in [3.63, 3.8) is 0 Å². The number of aromatic nitrogens is 2. The van der Waals surface area contributed by atoms with Crippen molar-refractivity contribution in [1.29, 1.82) is 0 Å². The van der Waals surface area contributed by atoms with Gasteiger partial charge in [0.25, 0.3) is 0 Å². The van der Waals surface area contributed by atoms with Crippen molar-refractivity contribution in [3.8, 4) is 0 Å². The highest BCUT2D eigenvalue weighted by Crippen LogP contribution is 2.27. The van der Waals surface area contributed by atoms with Crippen LogP contribution in [-0.2, 0) is 7.05 Å². The standard InChI is InChI=1S/C18H21N3/c1-13-9-11-15(12-10-13)20(3)14(2)18-19-16-7-5-6-8-17(16)21(18)4/h5-12,14H,1-4H3/t14-/m0/s1. The molecule has 0 N–H and O–H groups in total. The van der Waals surface area contributed by atoms with Gasteiger partial charge in [0.15, 0.2) is 0 Å². The van der Waals surface area contributed by atoms with Crippen LogP contribution in [0.25, 0.3) is 11.0 Å². The van der Waals surface area contributed by atoms with E-state index in [1.807, 2.05) is 6.07 Å². The summed E-state index contributed by atoms with van der Waals surface area (Å²) in [6.07, 6.45) is 0. The van der Waals surface area contributed by atoms with Gasteiger partial charge in [0.1, 0.15) is 5.82 Å². The molecule has 1 atom stereocenters. The molecule has 108 valence electrons. The largest absolute Gasteiger partial charge is 0.365 e. The first kappa shape index (κ1) is 13.7. The molecule has 3 heteroatoms. The van der Waals surface area contributed by atoms with Crippen molar-refractivity contribution in [1.82, 2.24) is 9.55 Å². The van der Waals surface area contributed by atoms with Crippen molar-refractivity contribution in [2.45, 2.75) is 19.9 Å². The summed E-state index contributed by atoms with van der Waals surface area (Å²) in [4.78, 5) is 7.06. The van der Waals surface area contributed by atoms with Gasteiger partial charge in [-0.3, -0.25) is 0 Å². The summed E-state index contributed by atoms with van der Waals surface area (Å²) in [7, 11) is 4.21. The Morgan fingerprint density at radius 1 is 1.05 bits per heavy atom. The van der Waals surface area contributed by atoms with E-state index >= 15 is 0 Å². The zero-order valence-corrected chi connectivity index (χ0v) is 13.0.